The summed E-state index contributed by atoms with van der Waals surface area (Å²) >= 11 is 11.6. The molecule has 0 saturated heterocycles. The van der Waals surface area contributed by atoms with Crippen molar-refractivity contribution in [1.82, 2.24) is 39.0 Å². The number of rotatable bonds is 21. The molecule has 105 heavy (non-hydrogen) atoms. The van der Waals surface area contributed by atoms with Gasteiger partial charge in [-0.15, -0.1) is 0 Å². The van der Waals surface area contributed by atoms with E-state index in [1.807, 2.05) is 24.3 Å². The molecule has 4 N–H and O–H groups in total. The molecule has 552 valence electrons. The summed E-state index contributed by atoms with van der Waals surface area (Å²) in [4.78, 5) is 72.8. The number of fused-ring (bicyclic) bond motifs is 2. The molecule has 0 aliphatic carbocycles. The van der Waals surface area contributed by atoms with Crippen molar-refractivity contribution in [3.05, 3.63) is 219 Å². The number of benzene rings is 6. The summed E-state index contributed by atoms with van der Waals surface area (Å²) in [5.74, 6) is 1.54. The molecule has 36 heteroatoms. The average molecular weight is 1520 g/mol. The summed E-state index contributed by atoms with van der Waals surface area (Å²) in [6, 6.07) is 40.9. The number of pyridine rings is 2. The number of methoxy groups -OCH3 is 3. The summed E-state index contributed by atoms with van der Waals surface area (Å²) in [6.45, 7) is -9.23. The maximum absolute atomic E-state index is 13.5. The van der Waals surface area contributed by atoms with Gasteiger partial charge in [-0.2, -0.15) is 62.7 Å². The Labute approximate surface area is 596 Å². The lowest BCUT2D eigenvalue weighted by Crippen LogP contribution is -2.24. The van der Waals surface area contributed by atoms with Gasteiger partial charge in [0.15, 0.2) is 23.4 Å². The summed E-state index contributed by atoms with van der Waals surface area (Å²) in [5.41, 5.74) is 7.67. The number of nitrogens with zero attached hydrogens (tertiary/aromatic N) is 8. The first-order chi connectivity index (χ1) is 50.0. The molecule has 5 heterocycles. The van der Waals surface area contributed by atoms with Crippen molar-refractivity contribution in [2.24, 2.45) is 5.73 Å². The van der Waals surface area contributed by atoms with Crippen LogP contribution in [0, 0.1) is 0 Å². The Morgan fingerprint density at radius 2 is 0.962 bits per heavy atom. The standard InChI is InChI=1S/C23H17F5N4O3.C21H14ClF2N3O3.C12H8ClF2N3O2.C11H14O3.C2H4F3N/c1-34-16-6-2-13(3-7-16)18-10-14-11-29-22(30-12-23(26,27)28)31-19(14)32(20(18)33)15-4-8-17(9-5-15)35-21(24)25;1-29-15-6-2-12(3-7-15)17-10-13-11-25-20(22)26-18(13)27(19(17)28)14-4-8-16(9-5-14)30-21(23)24;13-10-5-16-9(6-19)11(18-10)17-7-1-3-8(4-2-7)20-12(14)15;1-3-14-11(12)8-9-4-6-10(13-2)7-5-9;3-2(4,5)1-6/h2-11,21H,12H2,1H3,(H,29,30,31);2-11,21H,1H3;1-6,12H,(H,17,18);4-7H,3,8H2,1-2H3;1,6H2. The second kappa shape index (κ2) is 37.9. The van der Waals surface area contributed by atoms with Crippen LogP contribution < -0.4 is 55.9 Å². The first-order valence-electron chi connectivity index (χ1n) is 30.1. The molecule has 0 spiro atoms. The number of halogens is 14. The van der Waals surface area contributed by atoms with E-state index in [2.05, 4.69) is 60.5 Å². The minimum atomic E-state index is -4.50. The van der Waals surface area contributed by atoms with E-state index in [1.165, 1.54) is 114 Å². The molecule has 0 aliphatic heterocycles. The highest BCUT2D eigenvalue weighted by molar-refractivity contribution is 6.29. The number of nitrogens with two attached hydrogens (primary N) is 1. The van der Waals surface area contributed by atoms with Gasteiger partial charge in [-0.25, -0.2) is 19.9 Å². The lowest BCUT2D eigenvalue weighted by atomic mass is 10.1. The van der Waals surface area contributed by atoms with Crippen molar-refractivity contribution in [1.29, 1.82) is 0 Å². The molecular formula is C69H57Cl2F12N11O11. The van der Waals surface area contributed by atoms with Crippen molar-refractivity contribution in [3.63, 3.8) is 0 Å². The van der Waals surface area contributed by atoms with Crippen LogP contribution in [0.15, 0.2) is 186 Å². The van der Waals surface area contributed by atoms with Crippen LogP contribution in [-0.2, 0) is 16.0 Å². The van der Waals surface area contributed by atoms with Gasteiger partial charge >= 0.3 is 38.2 Å². The Balaban J connectivity index is 0.000000199. The fourth-order valence-electron chi connectivity index (χ4n) is 8.96. The normalized spacial score (nSPS) is 11.0. The molecule has 0 fully saturated rings. The molecule has 6 aromatic carbocycles. The van der Waals surface area contributed by atoms with Crippen LogP contribution in [0.4, 0.5) is 70.1 Å². The van der Waals surface area contributed by atoms with Crippen LogP contribution >= 0.6 is 23.2 Å². The summed E-state index contributed by atoms with van der Waals surface area (Å²) in [5, 5.41) is 5.94. The number of alkyl halides is 12. The maximum Gasteiger partial charge on any atom is 0.405 e. The van der Waals surface area contributed by atoms with Crippen LogP contribution in [0.5, 0.6) is 34.5 Å². The second-order valence-electron chi connectivity index (χ2n) is 20.7. The summed E-state index contributed by atoms with van der Waals surface area (Å²) < 4.78 is 179. The van der Waals surface area contributed by atoms with Gasteiger partial charge in [-0.1, -0.05) is 48.0 Å². The van der Waals surface area contributed by atoms with E-state index < -0.39 is 50.8 Å². The smallest absolute Gasteiger partial charge is 0.405 e. The van der Waals surface area contributed by atoms with Gasteiger partial charge in [-0.05, 0) is 157 Å². The van der Waals surface area contributed by atoms with Gasteiger partial charge in [0.2, 0.25) is 11.2 Å². The second-order valence-corrected chi connectivity index (χ2v) is 21.4. The largest absolute Gasteiger partial charge is 0.497 e. The molecule has 22 nitrogen and oxygen atoms in total. The first kappa shape index (κ1) is 80.5. The molecule has 0 atom stereocenters. The summed E-state index contributed by atoms with van der Waals surface area (Å²) in [7, 11) is 4.67. The van der Waals surface area contributed by atoms with Crippen molar-refractivity contribution in [2.45, 2.75) is 45.5 Å². The SMILES string of the molecule is CCOC(=O)Cc1ccc(OC)cc1.COc1ccc(-c2cc3cnc(Cl)nc3n(-c3ccc(OC(F)F)cc3)c2=O)cc1.COc1ccc(-c2cc3cnc(NCC(F)(F)F)nc3n(-c3ccc(OC(F)F)cc3)c2=O)cc1.NCC(F)(F)F.O=Cc1ncc(Cl)nc1Nc1ccc(OC(F)F)cc1. The van der Waals surface area contributed by atoms with Crippen LogP contribution in [0.3, 0.4) is 0 Å². The van der Waals surface area contributed by atoms with Crippen molar-refractivity contribution in [3.8, 4) is 68.1 Å². The lowest BCUT2D eigenvalue weighted by molar-refractivity contribution is -0.142. The van der Waals surface area contributed by atoms with Crippen molar-refractivity contribution < 1.29 is 95.4 Å². The molecule has 0 bridgehead atoms. The molecule has 0 saturated carbocycles. The molecule has 0 aliphatic rings. The minimum absolute atomic E-state index is 0.0227. The number of nitrogens with one attached hydrogen (secondary N) is 2. The average Bonchev–Trinajstić information content (AvgIpc) is 0.765. The van der Waals surface area contributed by atoms with Crippen LogP contribution in [0.25, 0.3) is 55.7 Å². The monoisotopic (exact) mass is 1510 g/mol. The molecular weight excluding hydrogens is 1460 g/mol. The number of anilines is 3. The van der Waals surface area contributed by atoms with Gasteiger partial charge in [0.1, 0.15) is 51.9 Å². The lowest BCUT2D eigenvalue weighted by Gasteiger charge is -2.15. The third-order valence-corrected chi connectivity index (χ3v) is 14.0. The topological polar surface area (TPSA) is 270 Å². The van der Waals surface area contributed by atoms with E-state index in [-0.39, 0.29) is 73.6 Å². The van der Waals surface area contributed by atoms with E-state index in [1.54, 1.807) is 75.7 Å². The number of carbonyl (C=O) groups excluding carboxylic acids is 2. The molecule has 11 rings (SSSR count). The predicted molar refractivity (Wildman–Crippen MR) is 364 cm³/mol. The van der Waals surface area contributed by atoms with Crippen LogP contribution in [-0.4, -0.2) is 125 Å². The van der Waals surface area contributed by atoms with Gasteiger partial charge < -0.3 is 49.5 Å². The molecule has 0 unspecified atom stereocenters. The van der Waals surface area contributed by atoms with Gasteiger partial charge in [-0.3, -0.25) is 28.3 Å². The van der Waals surface area contributed by atoms with E-state index >= 15 is 0 Å². The number of hydrogen-bond acceptors (Lipinski definition) is 20. The molecule has 5 aromatic heterocycles. The fourth-order valence-corrected chi connectivity index (χ4v) is 9.22. The zero-order valence-electron chi connectivity index (χ0n) is 54.8. The Kier molecular flexibility index (Phi) is 29.1. The maximum atomic E-state index is 13.5. The Hall–Kier alpha value is -11.8. The van der Waals surface area contributed by atoms with Crippen LogP contribution in [0.1, 0.15) is 23.0 Å². The van der Waals surface area contributed by atoms with Gasteiger partial charge in [0.25, 0.3) is 11.1 Å². The van der Waals surface area contributed by atoms with E-state index in [9.17, 15) is 71.9 Å². The van der Waals surface area contributed by atoms with Gasteiger partial charge in [0.05, 0.1) is 58.5 Å². The first-order valence-corrected chi connectivity index (χ1v) is 30.8. The minimum Gasteiger partial charge on any atom is -0.497 e. The zero-order valence-corrected chi connectivity index (χ0v) is 56.3. The number of esters is 1. The molecule has 0 radical (unpaired) electrons. The fraction of sp³-hybridized carbons (Fsp3) is 0.188. The number of hydrogen-bond donors (Lipinski definition) is 3. The van der Waals surface area contributed by atoms with E-state index in [0.29, 0.717) is 75.3 Å². The number of ether oxygens (including phenoxy) is 7. The highest BCUT2D eigenvalue weighted by Gasteiger charge is 2.28. The zero-order chi connectivity index (χ0) is 76.5. The van der Waals surface area contributed by atoms with E-state index in [4.69, 9.17) is 42.1 Å². The third-order valence-electron chi connectivity index (χ3n) is 13.6. The van der Waals surface area contributed by atoms with Crippen molar-refractivity contribution in [2.75, 3.05) is 51.7 Å². The van der Waals surface area contributed by atoms with E-state index in [0.717, 1.165) is 11.3 Å². The van der Waals surface area contributed by atoms with Crippen molar-refractivity contribution >= 4 is 75.0 Å². The number of aromatic nitrogens is 8. The third kappa shape index (κ3) is 24.4. The van der Waals surface area contributed by atoms with Crippen LogP contribution in [0.2, 0.25) is 10.4 Å². The Bertz CT molecular complexity index is 4790. The quantitative estimate of drug-likeness (QED) is 0.0261. The Morgan fingerprint density at radius 1 is 0.552 bits per heavy atom. The van der Waals surface area contributed by atoms with Gasteiger partial charge in [0, 0.05) is 40.0 Å². The number of carbonyl (C=O) groups is 2. The highest BCUT2D eigenvalue weighted by atomic mass is 35.5. The summed E-state index contributed by atoms with van der Waals surface area (Å²) in [6.07, 6.45) is -3.79. The highest BCUT2D eigenvalue weighted by Crippen LogP contribution is 2.30. The molecule has 11 aromatic rings. The predicted octanol–water partition coefficient (Wildman–Crippen LogP) is 15.3. The molecule has 0 amide bonds. The Morgan fingerprint density at radius 3 is 1.36 bits per heavy atom. The number of aldehydes is 1.